The normalized spacial score (nSPS) is 16.8. The van der Waals surface area contributed by atoms with Gasteiger partial charge in [-0.05, 0) is 60.1 Å². The Morgan fingerprint density at radius 2 is 1.64 bits per heavy atom. The molecule has 2 aliphatic heterocycles. The fourth-order valence-electron chi connectivity index (χ4n) is 8.15. The van der Waals surface area contributed by atoms with Gasteiger partial charge in [0.2, 0.25) is 5.91 Å². The van der Waals surface area contributed by atoms with Crippen LogP contribution in [0.4, 0.5) is 9.59 Å². The molecule has 2 fully saturated rings. The van der Waals surface area contributed by atoms with Crippen LogP contribution in [-0.2, 0) is 29.1 Å². The Labute approximate surface area is 359 Å². The van der Waals surface area contributed by atoms with Gasteiger partial charge in [0.15, 0.2) is 0 Å². The smallest absolute Gasteiger partial charge is 0.321 e. The van der Waals surface area contributed by atoms with Crippen LogP contribution in [0.25, 0.3) is 11.3 Å². The fourth-order valence-corrected chi connectivity index (χ4v) is 8.15. The summed E-state index contributed by atoms with van der Waals surface area (Å²) >= 11 is 0. The van der Waals surface area contributed by atoms with E-state index in [9.17, 15) is 24.3 Å². The summed E-state index contributed by atoms with van der Waals surface area (Å²) in [5, 5.41) is 19.5. The van der Waals surface area contributed by atoms with Gasteiger partial charge in [-0.3, -0.25) is 24.6 Å². The molecule has 0 aliphatic carbocycles. The Morgan fingerprint density at radius 3 is 2.28 bits per heavy atom. The van der Waals surface area contributed by atoms with Crippen LogP contribution in [0.2, 0.25) is 0 Å². The van der Waals surface area contributed by atoms with Gasteiger partial charge in [-0.2, -0.15) is 0 Å². The molecule has 0 spiro atoms. The quantitative estimate of drug-likeness (QED) is 0.1000. The van der Waals surface area contributed by atoms with Gasteiger partial charge in [-0.15, -0.1) is 0 Å². The molecule has 2 aromatic carbocycles. The SMILES string of the molecule is CCC(C)C(C(=O)NC(Cc1ccccc1)C(O)CNN(Cc1ccc(-c2ccccn2)cc1)C(=O)C(N1CCNC1=O)C(C)(C)C)N1CCN(Cc2cccc(C)n2)C1=O. The first-order valence-electron chi connectivity index (χ1n) is 21.3. The first-order chi connectivity index (χ1) is 29.2. The van der Waals surface area contributed by atoms with Crippen molar-refractivity contribution >= 4 is 23.9 Å². The molecule has 0 saturated carbocycles. The van der Waals surface area contributed by atoms with Crippen molar-refractivity contribution < 1.29 is 24.3 Å². The van der Waals surface area contributed by atoms with Crippen molar-refractivity contribution in [1.29, 1.82) is 0 Å². The van der Waals surface area contributed by atoms with E-state index in [1.807, 2.05) is 133 Å². The van der Waals surface area contributed by atoms with E-state index < -0.39 is 29.6 Å². The summed E-state index contributed by atoms with van der Waals surface area (Å²) < 4.78 is 0. The maximum absolute atomic E-state index is 14.7. The molecule has 6 rings (SSSR count). The molecule has 324 valence electrons. The maximum Gasteiger partial charge on any atom is 0.321 e. The second-order valence-corrected chi connectivity index (χ2v) is 17.3. The molecule has 61 heavy (non-hydrogen) atoms. The molecule has 14 heteroatoms. The van der Waals surface area contributed by atoms with Gasteiger partial charge in [-0.25, -0.2) is 15.0 Å². The van der Waals surface area contributed by atoms with E-state index in [4.69, 9.17) is 0 Å². The highest BCUT2D eigenvalue weighted by Gasteiger charge is 2.44. The van der Waals surface area contributed by atoms with Crippen molar-refractivity contribution in [1.82, 2.24) is 45.7 Å². The van der Waals surface area contributed by atoms with Crippen molar-refractivity contribution in [2.24, 2.45) is 11.3 Å². The fraction of sp³-hybridized carbons (Fsp3) is 0.447. The van der Waals surface area contributed by atoms with Crippen molar-refractivity contribution in [2.75, 3.05) is 32.7 Å². The first-order valence-corrected chi connectivity index (χ1v) is 21.3. The molecule has 4 N–H and O–H groups in total. The van der Waals surface area contributed by atoms with Crippen molar-refractivity contribution in [3.05, 3.63) is 120 Å². The molecule has 6 amide bonds. The van der Waals surface area contributed by atoms with Gasteiger partial charge in [-0.1, -0.05) is 108 Å². The molecule has 5 atom stereocenters. The average molecular weight is 832 g/mol. The standard InChI is InChI=1S/C47H61N9O5/c1-7-32(2)41(54-27-26-53(46(54)61)31-37-17-13-14-33(3)51-37)43(58)52-39(28-34-15-9-8-10-16-34)40(57)29-50-56(44(59)42(47(4,5)6)55-25-24-49-45(55)60)30-35-19-21-36(22-20-35)38-18-11-12-23-48-38/h8-23,32,39-42,50,57H,7,24-31H2,1-6H3,(H,49,60)(H,52,58). The van der Waals surface area contributed by atoms with Gasteiger partial charge >= 0.3 is 12.1 Å². The Bertz CT molecular complexity index is 2100. The Morgan fingerprint density at radius 1 is 0.902 bits per heavy atom. The lowest BCUT2D eigenvalue weighted by Crippen LogP contribution is -2.60. The average Bonchev–Trinajstić information content (AvgIpc) is 3.82. The summed E-state index contributed by atoms with van der Waals surface area (Å²) in [7, 11) is 0. The van der Waals surface area contributed by atoms with Gasteiger partial charge in [0.25, 0.3) is 5.91 Å². The Hall–Kier alpha value is -5.86. The van der Waals surface area contributed by atoms with E-state index in [2.05, 4.69) is 26.0 Å². The lowest BCUT2D eigenvalue weighted by molar-refractivity contribution is -0.144. The number of aryl methyl sites for hydroxylation is 1. The van der Waals surface area contributed by atoms with E-state index >= 15 is 0 Å². The van der Waals surface area contributed by atoms with Crippen LogP contribution in [0.5, 0.6) is 0 Å². The largest absolute Gasteiger partial charge is 0.390 e. The van der Waals surface area contributed by atoms with Crippen molar-refractivity contribution in [2.45, 2.75) is 91.7 Å². The number of benzene rings is 2. The Balaban J connectivity index is 1.24. The monoisotopic (exact) mass is 831 g/mol. The van der Waals surface area contributed by atoms with E-state index in [1.165, 1.54) is 5.01 Å². The second kappa shape index (κ2) is 20.1. The van der Waals surface area contributed by atoms with Gasteiger partial charge in [0.05, 0.1) is 36.6 Å². The van der Waals surface area contributed by atoms with E-state index in [1.54, 1.807) is 20.9 Å². The minimum Gasteiger partial charge on any atom is -0.390 e. The number of aliphatic hydroxyl groups excluding tert-OH is 1. The number of urea groups is 2. The van der Waals surface area contributed by atoms with Gasteiger partial charge in [0, 0.05) is 50.2 Å². The molecule has 2 aromatic heterocycles. The van der Waals surface area contributed by atoms with Crippen LogP contribution < -0.4 is 16.1 Å². The lowest BCUT2D eigenvalue weighted by atomic mass is 9.85. The molecule has 2 saturated heterocycles. The third-order valence-corrected chi connectivity index (χ3v) is 11.6. The number of aromatic nitrogens is 2. The molecule has 4 heterocycles. The lowest BCUT2D eigenvalue weighted by Gasteiger charge is -2.40. The number of nitrogens with one attached hydrogen (secondary N) is 3. The second-order valence-electron chi connectivity index (χ2n) is 17.3. The number of hydrogen-bond acceptors (Lipinski definition) is 8. The highest BCUT2D eigenvalue weighted by Crippen LogP contribution is 2.28. The van der Waals surface area contributed by atoms with Crippen molar-refractivity contribution in [3.63, 3.8) is 0 Å². The van der Waals surface area contributed by atoms with Crippen molar-refractivity contribution in [3.8, 4) is 11.3 Å². The summed E-state index contributed by atoms with van der Waals surface area (Å²) in [5.41, 5.74) is 7.72. The van der Waals surface area contributed by atoms with Crippen LogP contribution in [-0.4, -0.2) is 116 Å². The zero-order chi connectivity index (χ0) is 43.7. The van der Waals surface area contributed by atoms with E-state index in [0.29, 0.717) is 45.6 Å². The van der Waals surface area contributed by atoms with Gasteiger partial charge in [0.1, 0.15) is 12.1 Å². The predicted molar refractivity (Wildman–Crippen MR) is 234 cm³/mol. The third kappa shape index (κ3) is 11.3. The first kappa shape index (κ1) is 44.7. The zero-order valence-corrected chi connectivity index (χ0v) is 36.3. The summed E-state index contributed by atoms with van der Waals surface area (Å²) in [4.78, 5) is 70.1. The number of hydrogen-bond donors (Lipinski definition) is 4. The molecule has 2 aliphatic rings. The summed E-state index contributed by atoms with van der Waals surface area (Å²) in [6.07, 6.45) is 1.51. The number of amides is 6. The highest BCUT2D eigenvalue weighted by atomic mass is 16.3. The van der Waals surface area contributed by atoms with Crippen LogP contribution in [0.15, 0.2) is 97.2 Å². The van der Waals surface area contributed by atoms with E-state index in [-0.39, 0.29) is 42.9 Å². The van der Waals surface area contributed by atoms with Crippen LogP contribution in [0.1, 0.15) is 63.6 Å². The number of carbonyl (C=O) groups excluding carboxylic acids is 4. The predicted octanol–water partition coefficient (Wildman–Crippen LogP) is 5.17. The minimum absolute atomic E-state index is 0.105. The highest BCUT2D eigenvalue weighted by molar-refractivity contribution is 5.89. The van der Waals surface area contributed by atoms with Crippen LogP contribution >= 0.6 is 0 Å². The summed E-state index contributed by atoms with van der Waals surface area (Å²) in [6.45, 7) is 13.7. The third-order valence-electron chi connectivity index (χ3n) is 11.6. The van der Waals surface area contributed by atoms with E-state index in [0.717, 1.165) is 33.8 Å². The topological polar surface area (TPSA) is 163 Å². The minimum atomic E-state index is -1.18. The number of rotatable bonds is 18. The molecular formula is C47H61N9O5. The van der Waals surface area contributed by atoms with Crippen LogP contribution in [0.3, 0.4) is 0 Å². The molecule has 4 aromatic rings. The zero-order valence-electron chi connectivity index (χ0n) is 36.3. The number of aliphatic hydroxyl groups is 1. The maximum atomic E-state index is 14.7. The number of pyridine rings is 2. The molecule has 5 unspecified atom stereocenters. The molecule has 14 nitrogen and oxygen atoms in total. The molecule has 0 bridgehead atoms. The van der Waals surface area contributed by atoms with Crippen LogP contribution in [0, 0.1) is 18.3 Å². The number of carbonyl (C=O) groups is 4. The molecule has 0 radical (unpaired) electrons. The summed E-state index contributed by atoms with van der Waals surface area (Å²) in [6, 6.07) is 25.9. The summed E-state index contributed by atoms with van der Waals surface area (Å²) in [5.74, 6) is -0.862. The van der Waals surface area contributed by atoms with Gasteiger partial charge < -0.3 is 30.4 Å². The molecular weight excluding hydrogens is 771 g/mol. The number of nitrogens with zero attached hydrogens (tertiary/aromatic N) is 6. The number of hydrazine groups is 1. The Kier molecular flexibility index (Phi) is 14.7.